The molecule has 0 radical (unpaired) electrons. The van der Waals surface area contributed by atoms with E-state index in [9.17, 15) is 13.2 Å². The molecule has 1 atom stereocenters. The van der Waals surface area contributed by atoms with E-state index in [1.165, 1.54) is 6.92 Å². The molecule has 0 heterocycles. The second kappa shape index (κ2) is 6.02. The highest BCUT2D eigenvalue weighted by atomic mass is 35.7. The average Bonchev–Trinajstić information content (AvgIpc) is 2.26. The molecule has 17 heavy (non-hydrogen) atoms. The van der Waals surface area contributed by atoms with Gasteiger partial charge in [0.15, 0.2) is 0 Å². The SMILES string of the molecule is CC(CC(=O)OCc1ccccc1)S(=O)(=O)Cl. The fraction of sp³-hybridized carbons (Fsp3) is 0.364. The maximum Gasteiger partial charge on any atom is 0.307 e. The molecule has 0 N–H and O–H groups in total. The van der Waals surface area contributed by atoms with Crippen molar-refractivity contribution < 1.29 is 17.9 Å². The van der Waals surface area contributed by atoms with Gasteiger partial charge in [-0.3, -0.25) is 4.79 Å². The quantitative estimate of drug-likeness (QED) is 0.610. The topological polar surface area (TPSA) is 60.4 Å². The smallest absolute Gasteiger partial charge is 0.307 e. The van der Waals surface area contributed by atoms with Crippen LogP contribution in [0.4, 0.5) is 0 Å². The van der Waals surface area contributed by atoms with Crippen LogP contribution in [0.3, 0.4) is 0 Å². The lowest BCUT2D eigenvalue weighted by atomic mass is 10.2. The molecular formula is C11H13ClO4S. The lowest BCUT2D eigenvalue weighted by Gasteiger charge is -2.08. The number of rotatable bonds is 5. The van der Waals surface area contributed by atoms with Crippen LogP contribution >= 0.6 is 10.7 Å². The van der Waals surface area contributed by atoms with Gasteiger partial charge in [-0.25, -0.2) is 8.42 Å². The van der Waals surface area contributed by atoms with Crippen LogP contribution in [0.25, 0.3) is 0 Å². The van der Waals surface area contributed by atoms with Gasteiger partial charge in [-0.15, -0.1) is 0 Å². The summed E-state index contributed by atoms with van der Waals surface area (Å²) in [6, 6.07) is 9.14. The zero-order valence-corrected chi connectivity index (χ0v) is 10.9. The highest BCUT2D eigenvalue weighted by Crippen LogP contribution is 2.12. The van der Waals surface area contributed by atoms with Gasteiger partial charge in [-0.2, -0.15) is 0 Å². The number of hydrogen-bond donors (Lipinski definition) is 0. The van der Waals surface area contributed by atoms with Crippen molar-refractivity contribution in [2.75, 3.05) is 0 Å². The molecule has 1 aromatic carbocycles. The Bertz CT molecular complexity index is 470. The minimum atomic E-state index is -3.71. The van der Waals surface area contributed by atoms with Gasteiger partial charge in [-0.1, -0.05) is 30.3 Å². The number of benzene rings is 1. The molecule has 0 aliphatic heterocycles. The summed E-state index contributed by atoms with van der Waals surface area (Å²) < 4.78 is 26.7. The van der Waals surface area contributed by atoms with E-state index in [1.54, 1.807) is 0 Å². The Kier molecular flexibility index (Phi) is 4.96. The summed E-state index contributed by atoms with van der Waals surface area (Å²) in [5.41, 5.74) is 0.849. The molecular weight excluding hydrogens is 264 g/mol. The zero-order chi connectivity index (χ0) is 12.9. The summed E-state index contributed by atoms with van der Waals surface area (Å²) in [6.07, 6.45) is -0.237. The van der Waals surface area contributed by atoms with E-state index < -0.39 is 20.3 Å². The van der Waals surface area contributed by atoms with Crippen molar-refractivity contribution in [2.24, 2.45) is 0 Å². The molecule has 0 amide bonds. The van der Waals surface area contributed by atoms with Crippen molar-refractivity contribution in [2.45, 2.75) is 25.2 Å². The van der Waals surface area contributed by atoms with Gasteiger partial charge in [0.05, 0.1) is 11.7 Å². The monoisotopic (exact) mass is 276 g/mol. The Labute approximate surface area is 105 Å². The van der Waals surface area contributed by atoms with Crippen LogP contribution in [-0.2, 0) is 25.2 Å². The van der Waals surface area contributed by atoms with Crippen LogP contribution in [0.2, 0.25) is 0 Å². The van der Waals surface area contributed by atoms with Gasteiger partial charge in [-0.05, 0) is 12.5 Å². The molecule has 94 valence electrons. The van der Waals surface area contributed by atoms with Crippen molar-refractivity contribution in [3.8, 4) is 0 Å². The van der Waals surface area contributed by atoms with Crippen LogP contribution in [0.15, 0.2) is 30.3 Å². The van der Waals surface area contributed by atoms with Crippen molar-refractivity contribution in [1.82, 2.24) is 0 Å². The molecule has 0 aliphatic rings. The Hall–Kier alpha value is -1.07. The van der Waals surface area contributed by atoms with Crippen LogP contribution in [0, 0.1) is 0 Å². The van der Waals surface area contributed by atoms with Gasteiger partial charge in [0.2, 0.25) is 9.05 Å². The Balaban J connectivity index is 2.41. The first-order valence-corrected chi connectivity index (χ1v) is 7.40. The number of hydrogen-bond acceptors (Lipinski definition) is 4. The number of esters is 1. The summed E-state index contributed by atoms with van der Waals surface area (Å²) in [5.74, 6) is -0.578. The molecule has 0 spiro atoms. The van der Waals surface area contributed by atoms with Gasteiger partial charge in [0.1, 0.15) is 6.61 Å². The third kappa shape index (κ3) is 5.19. The second-order valence-electron chi connectivity index (χ2n) is 3.64. The summed E-state index contributed by atoms with van der Waals surface area (Å²) in [4.78, 5) is 11.3. The van der Waals surface area contributed by atoms with E-state index in [4.69, 9.17) is 15.4 Å². The highest BCUT2D eigenvalue weighted by Gasteiger charge is 2.21. The van der Waals surface area contributed by atoms with Gasteiger partial charge in [0, 0.05) is 10.7 Å². The fourth-order valence-corrected chi connectivity index (χ4v) is 1.66. The molecule has 1 aromatic rings. The van der Waals surface area contributed by atoms with E-state index in [0.29, 0.717) is 0 Å². The highest BCUT2D eigenvalue weighted by molar-refractivity contribution is 8.14. The lowest BCUT2D eigenvalue weighted by Crippen LogP contribution is -2.18. The van der Waals surface area contributed by atoms with E-state index in [0.717, 1.165) is 5.56 Å². The molecule has 0 aliphatic carbocycles. The molecule has 0 saturated carbocycles. The maximum atomic E-state index is 11.3. The largest absolute Gasteiger partial charge is 0.461 e. The van der Waals surface area contributed by atoms with E-state index in [1.807, 2.05) is 30.3 Å². The first-order valence-electron chi connectivity index (χ1n) is 5.02. The summed E-state index contributed by atoms with van der Waals surface area (Å²) in [5, 5.41) is -0.938. The molecule has 1 rings (SSSR count). The molecule has 0 fully saturated rings. The predicted molar refractivity (Wildman–Crippen MR) is 65.1 cm³/mol. The molecule has 6 heteroatoms. The molecule has 0 saturated heterocycles. The van der Waals surface area contributed by atoms with Crippen molar-refractivity contribution >= 4 is 25.7 Å². The third-order valence-electron chi connectivity index (χ3n) is 2.18. The number of carbonyl (C=O) groups excluding carboxylic acids is 1. The zero-order valence-electron chi connectivity index (χ0n) is 9.30. The van der Waals surface area contributed by atoms with Crippen molar-refractivity contribution in [3.63, 3.8) is 0 Å². The summed E-state index contributed by atoms with van der Waals surface area (Å²) >= 11 is 0. The normalized spacial score (nSPS) is 13.1. The van der Waals surface area contributed by atoms with Gasteiger partial charge < -0.3 is 4.74 Å². The van der Waals surface area contributed by atoms with Crippen molar-refractivity contribution in [3.05, 3.63) is 35.9 Å². The molecule has 0 aromatic heterocycles. The number of halogens is 1. The molecule has 1 unspecified atom stereocenters. The third-order valence-corrected chi connectivity index (χ3v) is 4.22. The maximum absolute atomic E-state index is 11.3. The molecule has 4 nitrogen and oxygen atoms in total. The summed E-state index contributed by atoms with van der Waals surface area (Å²) in [6.45, 7) is 1.50. The predicted octanol–water partition coefficient (Wildman–Crippen LogP) is 2.08. The van der Waals surface area contributed by atoms with Crippen LogP contribution < -0.4 is 0 Å². The standard InChI is InChI=1S/C11H13ClO4S/c1-9(17(12,14)15)7-11(13)16-8-10-5-3-2-4-6-10/h2-6,9H,7-8H2,1H3. The van der Waals surface area contributed by atoms with Gasteiger partial charge in [0.25, 0.3) is 0 Å². The Morgan fingerprint density at radius 3 is 2.47 bits per heavy atom. The Morgan fingerprint density at radius 1 is 1.35 bits per heavy atom. The number of carbonyl (C=O) groups is 1. The van der Waals surface area contributed by atoms with Crippen LogP contribution in [0.5, 0.6) is 0 Å². The van der Waals surface area contributed by atoms with Crippen LogP contribution in [-0.4, -0.2) is 19.6 Å². The van der Waals surface area contributed by atoms with Crippen LogP contribution in [0.1, 0.15) is 18.9 Å². The average molecular weight is 277 g/mol. The lowest BCUT2D eigenvalue weighted by molar-refractivity contribution is -0.144. The molecule has 0 bridgehead atoms. The van der Waals surface area contributed by atoms with E-state index in [-0.39, 0.29) is 13.0 Å². The minimum absolute atomic E-state index is 0.134. The van der Waals surface area contributed by atoms with Crippen molar-refractivity contribution in [1.29, 1.82) is 0 Å². The fourth-order valence-electron chi connectivity index (χ4n) is 1.13. The van der Waals surface area contributed by atoms with E-state index in [2.05, 4.69) is 0 Å². The number of ether oxygens (including phenoxy) is 1. The minimum Gasteiger partial charge on any atom is -0.461 e. The van der Waals surface area contributed by atoms with E-state index >= 15 is 0 Å². The first kappa shape index (κ1) is 14.0. The summed E-state index contributed by atoms with van der Waals surface area (Å²) in [7, 11) is 1.40. The Morgan fingerprint density at radius 2 is 1.94 bits per heavy atom. The first-order chi connectivity index (χ1) is 7.89. The second-order valence-corrected chi connectivity index (χ2v) is 6.68. The van der Waals surface area contributed by atoms with Gasteiger partial charge >= 0.3 is 5.97 Å².